The monoisotopic (exact) mass is 419 g/mol. The summed E-state index contributed by atoms with van der Waals surface area (Å²) in [5.41, 5.74) is 0.961. The van der Waals surface area contributed by atoms with E-state index in [1.807, 2.05) is 30.3 Å². The summed E-state index contributed by atoms with van der Waals surface area (Å²) in [7, 11) is 0. The number of likely N-dealkylation sites (tertiary alicyclic amines) is 1. The highest BCUT2D eigenvalue weighted by Crippen LogP contribution is 2.20. The number of carbonyl (C=O) groups is 1. The summed E-state index contributed by atoms with van der Waals surface area (Å²) < 4.78 is 0. The third-order valence-electron chi connectivity index (χ3n) is 5.31. The van der Waals surface area contributed by atoms with Gasteiger partial charge in [0, 0.05) is 19.6 Å². The fraction of sp³-hybridized carbons (Fsp3) is 0.632. The van der Waals surface area contributed by atoms with Gasteiger partial charge >= 0.3 is 0 Å². The molecule has 0 spiro atoms. The van der Waals surface area contributed by atoms with Crippen molar-refractivity contribution >= 4 is 30.7 Å². The molecule has 1 amide bonds. The van der Waals surface area contributed by atoms with Crippen molar-refractivity contribution in [2.45, 2.75) is 37.5 Å². The van der Waals surface area contributed by atoms with Gasteiger partial charge in [0.05, 0.1) is 18.2 Å². The zero-order valence-corrected chi connectivity index (χ0v) is 17.1. The summed E-state index contributed by atoms with van der Waals surface area (Å²) in [6, 6.07) is 9.52. The first-order valence-electron chi connectivity index (χ1n) is 9.26. The van der Waals surface area contributed by atoms with Crippen molar-refractivity contribution in [3.63, 3.8) is 0 Å². The van der Waals surface area contributed by atoms with Crippen molar-refractivity contribution in [1.82, 2.24) is 15.5 Å². The Labute approximate surface area is 173 Å². The molecule has 4 N–H and O–H groups in total. The maximum absolute atomic E-state index is 12.1. The highest BCUT2D eigenvalue weighted by Gasteiger charge is 2.28. The van der Waals surface area contributed by atoms with E-state index in [2.05, 4.69) is 15.5 Å². The van der Waals surface area contributed by atoms with E-state index in [-0.39, 0.29) is 36.8 Å². The number of hydrogen-bond donors (Lipinski definition) is 4. The summed E-state index contributed by atoms with van der Waals surface area (Å²) in [5.74, 6) is 0.485. The Hall–Kier alpha value is -0.890. The zero-order valence-electron chi connectivity index (χ0n) is 15.4. The van der Waals surface area contributed by atoms with Gasteiger partial charge in [-0.2, -0.15) is 0 Å². The number of β-amino-alcohol motifs (C(OH)–C–C–N with tert-alkyl or cyclic N) is 2. The van der Waals surface area contributed by atoms with Gasteiger partial charge in [0.15, 0.2) is 0 Å². The minimum atomic E-state index is -0.447. The normalized spacial score (nSPS) is 24.5. The molecule has 2 saturated heterocycles. The summed E-state index contributed by atoms with van der Waals surface area (Å²) >= 11 is 0. The molecule has 2 aliphatic rings. The van der Waals surface area contributed by atoms with Crippen molar-refractivity contribution in [3.8, 4) is 0 Å². The summed E-state index contributed by atoms with van der Waals surface area (Å²) in [6.45, 7) is 3.75. The Kier molecular flexibility index (Phi) is 10.6. The molecule has 3 atom stereocenters. The molecule has 27 heavy (non-hydrogen) atoms. The Balaban J connectivity index is 0.00000182. The van der Waals surface area contributed by atoms with Crippen LogP contribution in [0.1, 0.15) is 30.9 Å². The number of nitrogens with zero attached hydrogens (tertiary/aromatic N) is 1. The first-order valence-corrected chi connectivity index (χ1v) is 9.26. The number of aliphatic hydroxyl groups excluding tert-OH is 2. The highest BCUT2D eigenvalue weighted by atomic mass is 35.5. The maximum Gasteiger partial charge on any atom is 0.237 e. The average Bonchev–Trinajstić information content (AvgIpc) is 3.08. The van der Waals surface area contributed by atoms with Crippen LogP contribution in [0.15, 0.2) is 30.3 Å². The van der Waals surface area contributed by atoms with E-state index in [9.17, 15) is 15.0 Å². The number of halogens is 2. The van der Waals surface area contributed by atoms with Gasteiger partial charge in [-0.25, -0.2) is 0 Å². The molecular weight excluding hydrogens is 389 g/mol. The Bertz CT molecular complexity index is 556. The lowest BCUT2D eigenvalue weighted by Crippen LogP contribution is -2.44. The minimum Gasteiger partial charge on any atom is -0.392 e. The quantitative estimate of drug-likeness (QED) is 0.554. The van der Waals surface area contributed by atoms with Crippen molar-refractivity contribution in [2.24, 2.45) is 5.92 Å². The van der Waals surface area contributed by atoms with Crippen molar-refractivity contribution in [2.75, 3.05) is 32.7 Å². The van der Waals surface area contributed by atoms with E-state index in [0.717, 1.165) is 31.5 Å². The molecule has 6 nitrogen and oxygen atoms in total. The summed E-state index contributed by atoms with van der Waals surface area (Å²) in [4.78, 5) is 14.4. The van der Waals surface area contributed by atoms with Gasteiger partial charge in [0.1, 0.15) is 0 Å². The smallest absolute Gasteiger partial charge is 0.237 e. The van der Waals surface area contributed by atoms with E-state index in [1.54, 1.807) is 0 Å². The van der Waals surface area contributed by atoms with Crippen LogP contribution in [-0.2, 0) is 4.79 Å². The van der Waals surface area contributed by atoms with E-state index in [4.69, 9.17) is 0 Å². The molecule has 3 rings (SSSR count). The first-order chi connectivity index (χ1) is 12.1. The van der Waals surface area contributed by atoms with E-state index in [1.165, 1.54) is 0 Å². The first kappa shape index (κ1) is 24.1. The molecule has 0 aromatic heterocycles. The second kappa shape index (κ2) is 11.8. The standard InChI is InChI=1S/C19H29N3O3.2ClH/c23-16-10-17(20-12-16)19(25)21-11-14-6-8-22(9-7-14)13-18(24)15-4-2-1-3-5-15;;/h1-5,14,16-18,20,23-24H,6-13H2,(H,21,25);2*1H. The number of piperidine rings is 1. The Morgan fingerprint density at radius 1 is 1.22 bits per heavy atom. The topological polar surface area (TPSA) is 84.8 Å². The van der Waals surface area contributed by atoms with Crippen LogP contribution in [0.3, 0.4) is 0 Å². The molecule has 8 heteroatoms. The number of aliphatic hydroxyl groups is 2. The highest BCUT2D eigenvalue weighted by molar-refractivity contribution is 5.85. The fourth-order valence-corrected chi connectivity index (χ4v) is 3.68. The van der Waals surface area contributed by atoms with Gasteiger partial charge < -0.3 is 25.7 Å². The molecule has 2 aliphatic heterocycles. The molecule has 2 heterocycles. The fourth-order valence-electron chi connectivity index (χ4n) is 3.68. The minimum absolute atomic E-state index is 0. The number of benzene rings is 1. The summed E-state index contributed by atoms with van der Waals surface area (Å²) in [6.07, 6.45) is 1.71. The number of carbonyl (C=O) groups excluding carboxylic acids is 1. The summed E-state index contributed by atoms with van der Waals surface area (Å²) in [5, 5.41) is 25.9. The van der Waals surface area contributed by atoms with Gasteiger partial charge in [0.25, 0.3) is 0 Å². The second-order valence-corrected chi connectivity index (χ2v) is 7.27. The SMILES string of the molecule is Cl.Cl.O=C(NCC1CCN(CC(O)c2ccccc2)CC1)C1CC(O)CN1. The van der Waals surface area contributed by atoms with Crippen LogP contribution in [0.25, 0.3) is 0 Å². The van der Waals surface area contributed by atoms with Crippen LogP contribution >= 0.6 is 24.8 Å². The van der Waals surface area contributed by atoms with Crippen molar-refractivity contribution in [3.05, 3.63) is 35.9 Å². The molecule has 1 aromatic rings. The molecule has 0 bridgehead atoms. The van der Waals surface area contributed by atoms with Crippen LogP contribution in [0, 0.1) is 5.92 Å². The molecular formula is C19H31Cl2N3O3. The average molecular weight is 420 g/mol. The van der Waals surface area contributed by atoms with E-state index >= 15 is 0 Å². The number of amides is 1. The zero-order chi connectivity index (χ0) is 17.6. The van der Waals surface area contributed by atoms with Gasteiger partial charge in [-0.05, 0) is 43.8 Å². The van der Waals surface area contributed by atoms with Crippen molar-refractivity contribution < 1.29 is 15.0 Å². The van der Waals surface area contributed by atoms with E-state index < -0.39 is 12.2 Å². The van der Waals surface area contributed by atoms with Crippen LogP contribution in [-0.4, -0.2) is 65.9 Å². The van der Waals surface area contributed by atoms with Gasteiger partial charge in [0.2, 0.25) is 5.91 Å². The predicted octanol–water partition coefficient (Wildman–Crippen LogP) is 1.11. The third kappa shape index (κ3) is 7.22. The molecule has 2 fully saturated rings. The largest absolute Gasteiger partial charge is 0.392 e. The Morgan fingerprint density at radius 2 is 1.89 bits per heavy atom. The van der Waals surface area contributed by atoms with E-state index in [0.29, 0.717) is 32.0 Å². The molecule has 1 aromatic carbocycles. The maximum atomic E-state index is 12.1. The van der Waals surface area contributed by atoms with Crippen molar-refractivity contribution in [1.29, 1.82) is 0 Å². The van der Waals surface area contributed by atoms with Gasteiger partial charge in [-0.15, -0.1) is 24.8 Å². The van der Waals surface area contributed by atoms with Crippen LogP contribution in [0.5, 0.6) is 0 Å². The number of nitrogens with one attached hydrogen (secondary N) is 2. The molecule has 0 saturated carbocycles. The molecule has 0 aliphatic carbocycles. The number of rotatable bonds is 6. The lowest BCUT2D eigenvalue weighted by Gasteiger charge is -2.33. The van der Waals surface area contributed by atoms with Crippen LogP contribution in [0.4, 0.5) is 0 Å². The lowest BCUT2D eigenvalue weighted by atomic mass is 9.96. The number of hydrogen-bond acceptors (Lipinski definition) is 5. The van der Waals surface area contributed by atoms with Crippen LogP contribution < -0.4 is 10.6 Å². The van der Waals surface area contributed by atoms with Crippen LogP contribution in [0.2, 0.25) is 0 Å². The third-order valence-corrected chi connectivity index (χ3v) is 5.31. The second-order valence-electron chi connectivity index (χ2n) is 7.27. The van der Waals surface area contributed by atoms with Gasteiger partial charge in [-0.3, -0.25) is 4.79 Å². The Morgan fingerprint density at radius 3 is 2.48 bits per heavy atom. The predicted molar refractivity (Wildman–Crippen MR) is 110 cm³/mol. The molecule has 3 unspecified atom stereocenters. The lowest BCUT2D eigenvalue weighted by molar-refractivity contribution is -0.123. The molecule has 154 valence electrons. The van der Waals surface area contributed by atoms with Gasteiger partial charge in [-0.1, -0.05) is 30.3 Å². The molecule has 0 radical (unpaired) electrons.